The standard InChI is InChI=1S/C20H39N3O13/c1-2-31-17-11(23)18(30)32-8(5-26)16(17)36-20-10(22)14(29)15(7(4-25)34-20)35-19-9(21)13(28)12(27)6(3-24)33-19/h6-20,24-30H,2-5,21-23H2,1H3/t6-,7-,8-,9-,10-,11-,12-,13-,14-,15?,16?,17-,18-,19+,20+/m1/s1. The number of hydrogen-bond acceptors (Lipinski definition) is 16. The summed E-state index contributed by atoms with van der Waals surface area (Å²) in [4.78, 5) is 0. The lowest BCUT2D eigenvalue weighted by molar-refractivity contribution is -0.349. The van der Waals surface area contributed by atoms with E-state index in [0.29, 0.717) is 0 Å². The molecule has 3 aliphatic heterocycles. The molecule has 0 aliphatic carbocycles. The van der Waals surface area contributed by atoms with E-state index in [-0.39, 0.29) is 6.61 Å². The number of aliphatic hydroxyl groups is 7. The monoisotopic (exact) mass is 529 g/mol. The maximum atomic E-state index is 10.9. The van der Waals surface area contributed by atoms with Crippen molar-refractivity contribution in [2.45, 2.75) is 98.9 Å². The molecule has 2 unspecified atom stereocenters. The first-order chi connectivity index (χ1) is 17.1. The highest BCUT2D eigenvalue weighted by Crippen LogP contribution is 2.31. The van der Waals surface area contributed by atoms with Crippen molar-refractivity contribution in [1.29, 1.82) is 0 Å². The largest absolute Gasteiger partial charge is 0.394 e. The summed E-state index contributed by atoms with van der Waals surface area (Å²) in [6, 6.07) is -3.56. The molecule has 15 atom stereocenters. The lowest BCUT2D eigenvalue weighted by Gasteiger charge is -2.49. The molecule has 0 amide bonds. The zero-order chi connectivity index (χ0) is 26.7. The van der Waals surface area contributed by atoms with Crippen molar-refractivity contribution in [1.82, 2.24) is 0 Å². The molecule has 3 saturated heterocycles. The molecule has 16 heteroatoms. The van der Waals surface area contributed by atoms with Crippen molar-refractivity contribution in [2.24, 2.45) is 17.2 Å². The summed E-state index contributed by atoms with van der Waals surface area (Å²) in [5.74, 6) is 0. The van der Waals surface area contributed by atoms with Gasteiger partial charge in [0.15, 0.2) is 18.9 Å². The molecule has 13 N–H and O–H groups in total. The second-order valence-corrected chi connectivity index (χ2v) is 9.02. The number of aliphatic hydroxyl groups excluding tert-OH is 7. The Kier molecular flexibility index (Phi) is 10.8. The first-order valence-corrected chi connectivity index (χ1v) is 11.8. The van der Waals surface area contributed by atoms with Gasteiger partial charge in [0.05, 0.1) is 37.9 Å². The Bertz CT molecular complexity index is 679. The van der Waals surface area contributed by atoms with Gasteiger partial charge in [0.25, 0.3) is 0 Å². The molecule has 0 aromatic carbocycles. The summed E-state index contributed by atoms with van der Waals surface area (Å²) in [7, 11) is 0. The smallest absolute Gasteiger partial charge is 0.176 e. The zero-order valence-electron chi connectivity index (χ0n) is 19.8. The Morgan fingerprint density at radius 3 is 1.67 bits per heavy atom. The summed E-state index contributed by atoms with van der Waals surface area (Å²) in [6.45, 7) is 0.0405. The molecule has 3 aliphatic rings. The molecule has 0 aromatic heterocycles. The average molecular weight is 530 g/mol. The van der Waals surface area contributed by atoms with Crippen LogP contribution in [0.25, 0.3) is 0 Å². The topological polar surface area (TPSA) is 275 Å². The second-order valence-electron chi connectivity index (χ2n) is 9.02. The Morgan fingerprint density at radius 1 is 0.611 bits per heavy atom. The SMILES string of the molecule is CCO[C@H]1C(O[C@@H]2O[C@H](CO)C(O[C@@H]3O[C@H](CO)[C@@H](O)[C@H](O)[C@H]3N)[C@H](O)[C@H]2N)[C@@H](CO)O[C@@H](O)[C@@H]1N. The summed E-state index contributed by atoms with van der Waals surface area (Å²) in [6.07, 6.45) is -15.5. The Labute approximate surface area is 207 Å². The fourth-order valence-electron chi connectivity index (χ4n) is 4.56. The van der Waals surface area contributed by atoms with E-state index >= 15 is 0 Å². The van der Waals surface area contributed by atoms with Crippen LogP contribution in [0.1, 0.15) is 6.92 Å². The van der Waals surface area contributed by atoms with Crippen molar-refractivity contribution < 1.29 is 64.2 Å². The number of hydrogen-bond donors (Lipinski definition) is 10. The predicted octanol–water partition coefficient (Wildman–Crippen LogP) is -6.63. The van der Waals surface area contributed by atoms with Gasteiger partial charge in [-0.15, -0.1) is 0 Å². The molecule has 3 fully saturated rings. The fraction of sp³-hybridized carbons (Fsp3) is 1.00. The van der Waals surface area contributed by atoms with Crippen molar-refractivity contribution in [3.63, 3.8) is 0 Å². The van der Waals surface area contributed by atoms with Gasteiger partial charge in [-0.2, -0.15) is 0 Å². The van der Waals surface area contributed by atoms with Crippen LogP contribution in [0.15, 0.2) is 0 Å². The number of nitrogens with two attached hydrogens (primary N) is 3. The van der Waals surface area contributed by atoms with E-state index in [9.17, 15) is 35.7 Å². The number of rotatable bonds is 9. The van der Waals surface area contributed by atoms with Gasteiger partial charge in [-0.05, 0) is 6.92 Å². The molecule has 3 heterocycles. The number of ether oxygens (including phenoxy) is 6. The minimum atomic E-state index is -1.52. The van der Waals surface area contributed by atoms with Gasteiger partial charge in [0.1, 0.15) is 54.9 Å². The van der Waals surface area contributed by atoms with Gasteiger partial charge < -0.3 is 81.4 Å². The molecule has 0 radical (unpaired) electrons. The first kappa shape index (κ1) is 29.9. The van der Waals surface area contributed by atoms with Gasteiger partial charge in [-0.25, -0.2) is 0 Å². The molecular formula is C20H39N3O13. The third-order valence-electron chi connectivity index (χ3n) is 6.66. The van der Waals surface area contributed by atoms with E-state index in [1.165, 1.54) is 0 Å². The van der Waals surface area contributed by atoms with Crippen molar-refractivity contribution >= 4 is 0 Å². The van der Waals surface area contributed by atoms with E-state index in [2.05, 4.69) is 0 Å². The van der Waals surface area contributed by atoms with Crippen LogP contribution < -0.4 is 17.2 Å². The molecule has 0 spiro atoms. The molecule has 0 saturated carbocycles. The molecule has 0 aromatic rings. The van der Waals surface area contributed by atoms with Crippen molar-refractivity contribution in [2.75, 3.05) is 26.4 Å². The third-order valence-corrected chi connectivity index (χ3v) is 6.66. The van der Waals surface area contributed by atoms with E-state index in [0.717, 1.165) is 0 Å². The van der Waals surface area contributed by atoms with E-state index in [1.807, 2.05) is 0 Å². The molecule has 212 valence electrons. The Balaban J connectivity index is 1.75. The second kappa shape index (κ2) is 12.9. The summed E-state index contributed by atoms with van der Waals surface area (Å²) in [5, 5.41) is 70.2. The normalized spacial score (nSPS) is 50.2. The quantitative estimate of drug-likeness (QED) is 0.133. The summed E-state index contributed by atoms with van der Waals surface area (Å²) >= 11 is 0. The molecule has 0 bridgehead atoms. The van der Waals surface area contributed by atoms with E-state index in [4.69, 9.17) is 45.6 Å². The van der Waals surface area contributed by atoms with Crippen LogP contribution >= 0.6 is 0 Å². The minimum Gasteiger partial charge on any atom is -0.394 e. The van der Waals surface area contributed by atoms with Crippen LogP contribution in [0.3, 0.4) is 0 Å². The van der Waals surface area contributed by atoms with Crippen LogP contribution in [0.4, 0.5) is 0 Å². The zero-order valence-corrected chi connectivity index (χ0v) is 19.8. The molecule has 36 heavy (non-hydrogen) atoms. The fourth-order valence-corrected chi connectivity index (χ4v) is 4.56. The van der Waals surface area contributed by atoms with Crippen LogP contribution in [-0.2, 0) is 28.4 Å². The van der Waals surface area contributed by atoms with E-state index in [1.54, 1.807) is 6.92 Å². The predicted molar refractivity (Wildman–Crippen MR) is 117 cm³/mol. The van der Waals surface area contributed by atoms with Crippen molar-refractivity contribution in [3.05, 3.63) is 0 Å². The van der Waals surface area contributed by atoms with Gasteiger partial charge in [0.2, 0.25) is 0 Å². The molecule has 16 nitrogen and oxygen atoms in total. The average Bonchev–Trinajstić information content (AvgIpc) is 2.87. The Hall–Kier alpha value is -0.640. The molecule has 3 rings (SSSR count). The van der Waals surface area contributed by atoms with Gasteiger partial charge in [-0.1, -0.05) is 0 Å². The van der Waals surface area contributed by atoms with E-state index < -0.39 is 112 Å². The van der Waals surface area contributed by atoms with Gasteiger partial charge in [0, 0.05) is 6.61 Å². The lowest BCUT2D eigenvalue weighted by atomic mass is 9.94. The third kappa shape index (κ3) is 5.99. The highest BCUT2D eigenvalue weighted by molar-refractivity contribution is 4.98. The first-order valence-electron chi connectivity index (χ1n) is 11.8. The van der Waals surface area contributed by atoms with Crippen LogP contribution in [0.5, 0.6) is 0 Å². The van der Waals surface area contributed by atoms with Crippen molar-refractivity contribution in [3.8, 4) is 0 Å². The summed E-state index contributed by atoms with van der Waals surface area (Å²) in [5.41, 5.74) is 18.1. The lowest BCUT2D eigenvalue weighted by Crippen LogP contribution is -2.69. The Morgan fingerprint density at radius 2 is 1.11 bits per heavy atom. The summed E-state index contributed by atoms with van der Waals surface area (Å²) < 4.78 is 33.7. The van der Waals surface area contributed by atoms with Gasteiger partial charge >= 0.3 is 0 Å². The highest BCUT2D eigenvalue weighted by Gasteiger charge is 2.52. The van der Waals surface area contributed by atoms with Crippen LogP contribution in [0, 0.1) is 0 Å². The van der Waals surface area contributed by atoms with Gasteiger partial charge in [-0.3, -0.25) is 0 Å². The van der Waals surface area contributed by atoms with Crippen LogP contribution in [-0.4, -0.2) is 154 Å². The minimum absolute atomic E-state index is 0.204. The van der Waals surface area contributed by atoms with Crippen LogP contribution in [0.2, 0.25) is 0 Å². The maximum absolute atomic E-state index is 10.9. The maximum Gasteiger partial charge on any atom is 0.176 e. The molecular weight excluding hydrogens is 490 g/mol. The highest BCUT2D eigenvalue weighted by atomic mass is 16.7.